The van der Waals surface area contributed by atoms with Crippen molar-refractivity contribution in [3.63, 3.8) is 0 Å². The standard InChI is InChI=1S/C96H65BN2/c1-96(2,3)74-48-40-60(41-49-74)73-58-87-93-88(59-73)99(95-79(63-24-12-6-13-25-63)34-19-35-80(95)64-26-14-7-15-27-64)86-55-47-72(76-51-43-70-39-37-66-29-17-31-68-45-53-82(76)92(70)90(66)68)57-84(86)97(93)83-56-71(75-50-42-69-38-36-65-28-16-30-67-44-52-81(75)91(69)89(65)67)46-54-85(83)98(87)94-77(61-20-8-4-9-21-61)32-18-33-78(94)62-22-10-5-11-23-62/h4-59H,1-3H3. The Morgan fingerprint density at radius 3 is 0.939 bits per heavy atom. The number of fused-ring (bicyclic) bond motifs is 4. The summed E-state index contributed by atoms with van der Waals surface area (Å²) in [6.07, 6.45) is 0. The molecule has 99 heavy (non-hydrogen) atoms. The van der Waals surface area contributed by atoms with Gasteiger partial charge in [0.25, 0.3) is 6.71 Å². The maximum Gasteiger partial charge on any atom is 0.252 e. The smallest absolute Gasteiger partial charge is 0.252 e. The first kappa shape index (κ1) is 57.0. The minimum atomic E-state index is -0.266. The number of para-hydroxylation sites is 2. The van der Waals surface area contributed by atoms with E-state index >= 15 is 0 Å². The van der Waals surface area contributed by atoms with Crippen molar-refractivity contribution in [3.05, 3.63) is 345 Å². The van der Waals surface area contributed by atoms with Crippen LogP contribution in [0.25, 0.3) is 143 Å². The van der Waals surface area contributed by atoms with E-state index < -0.39 is 0 Å². The minimum absolute atomic E-state index is 0.0362. The van der Waals surface area contributed by atoms with Gasteiger partial charge in [0.2, 0.25) is 0 Å². The highest BCUT2D eigenvalue weighted by atomic mass is 15.2. The number of hydrogen-bond donors (Lipinski definition) is 0. The lowest BCUT2D eigenvalue weighted by Crippen LogP contribution is -2.61. The minimum Gasteiger partial charge on any atom is -0.310 e. The molecule has 3 heteroatoms. The van der Waals surface area contributed by atoms with E-state index in [0.29, 0.717) is 0 Å². The average molecular weight is 1260 g/mol. The van der Waals surface area contributed by atoms with Crippen molar-refractivity contribution in [2.75, 3.05) is 9.80 Å². The molecule has 0 amide bonds. The van der Waals surface area contributed by atoms with Gasteiger partial charge >= 0.3 is 0 Å². The molecular formula is C96H65BN2. The first-order chi connectivity index (χ1) is 48.8. The number of nitrogens with zero attached hydrogens (tertiary/aromatic N) is 2. The lowest BCUT2D eigenvalue weighted by Gasteiger charge is -2.46. The summed E-state index contributed by atoms with van der Waals surface area (Å²) in [6.45, 7) is 6.66. The Morgan fingerprint density at radius 1 is 0.232 bits per heavy atom. The summed E-state index contributed by atoms with van der Waals surface area (Å²) >= 11 is 0. The molecule has 0 atom stereocenters. The molecule has 0 fully saturated rings. The van der Waals surface area contributed by atoms with E-state index in [4.69, 9.17) is 0 Å². The van der Waals surface area contributed by atoms with Gasteiger partial charge < -0.3 is 9.80 Å². The van der Waals surface area contributed by atoms with Crippen molar-refractivity contribution in [1.82, 2.24) is 0 Å². The summed E-state index contributed by atoms with van der Waals surface area (Å²) in [5.41, 5.74) is 28.1. The molecule has 462 valence electrons. The lowest BCUT2D eigenvalue weighted by molar-refractivity contribution is 0.590. The van der Waals surface area contributed by atoms with Crippen LogP contribution in [0.1, 0.15) is 26.3 Å². The predicted molar refractivity (Wildman–Crippen MR) is 425 cm³/mol. The van der Waals surface area contributed by atoms with Crippen LogP contribution in [0.5, 0.6) is 0 Å². The maximum absolute atomic E-state index is 2.69. The van der Waals surface area contributed by atoms with E-state index in [1.165, 1.54) is 109 Å². The summed E-state index contributed by atoms with van der Waals surface area (Å²) in [5.74, 6) is 0. The predicted octanol–water partition coefficient (Wildman–Crippen LogP) is 24.5. The van der Waals surface area contributed by atoms with Gasteiger partial charge in [-0.15, -0.1) is 0 Å². The third-order valence-corrected chi connectivity index (χ3v) is 21.7. The summed E-state index contributed by atoms with van der Waals surface area (Å²) in [7, 11) is 0. The first-order valence-electron chi connectivity index (χ1n) is 34.7. The Labute approximate surface area is 577 Å². The zero-order chi connectivity index (χ0) is 65.6. The van der Waals surface area contributed by atoms with Gasteiger partial charge in [-0.2, -0.15) is 0 Å². The lowest BCUT2D eigenvalue weighted by atomic mass is 9.33. The van der Waals surface area contributed by atoms with E-state index in [1.54, 1.807) is 0 Å². The normalized spacial score (nSPS) is 12.7. The number of anilines is 6. The Bertz CT molecular complexity index is 5750. The molecule has 18 aromatic rings. The highest BCUT2D eigenvalue weighted by molar-refractivity contribution is 7.00. The molecule has 0 aliphatic carbocycles. The molecule has 2 heterocycles. The van der Waals surface area contributed by atoms with Gasteiger partial charge in [-0.3, -0.25) is 0 Å². The monoisotopic (exact) mass is 1260 g/mol. The fraction of sp³-hybridized carbons (Fsp3) is 0.0417. The molecule has 0 radical (unpaired) electrons. The summed E-state index contributed by atoms with van der Waals surface area (Å²) < 4.78 is 0. The SMILES string of the molecule is CC(C)(C)c1ccc(-c2cc3c4c(c2)N(c2c(-c5ccccc5)cccc2-c2ccccc2)c2ccc(-c5ccc6ccc7cccc8ccc5c6c78)cc2B4c2cc(-c4ccc5ccc6cccc7ccc4c5c67)ccc2N3c2c(-c3ccccc3)cccc2-c2ccccc2)cc1. The van der Waals surface area contributed by atoms with Crippen LogP contribution in [0.15, 0.2) is 340 Å². The summed E-state index contributed by atoms with van der Waals surface area (Å²) in [5, 5.41) is 15.3. The van der Waals surface area contributed by atoms with Crippen molar-refractivity contribution in [2.45, 2.75) is 26.2 Å². The van der Waals surface area contributed by atoms with Crippen LogP contribution in [0.2, 0.25) is 0 Å². The molecule has 0 spiro atoms. The summed E-state index contributed by atoms with van der Waals surface area (Å²) in [4.78, 5) is 5.37. The Balaban J connectivity index is 0.955. The maximum atomic E-state index is 2.69. The van der Waals surface area contributed by atoms with E-state index in [9.17, 15) is 0 Å². The molecule has 0 saturated carbocycles. The first-order valence-corrected chi connectivity index (χ1v) is 34.7. The highest BCUT2D eigenvalue weighted by Gasteiger charge is 2.46. The molecule has 2 nitrogen and oxygen atoms in total. The molecule has 2 aliphatic heterocycles. The van der Waals surface area contributed by atoms with Crippen molar-refractivity contribution in [2.24, 2.45) is 0 Å². The van der Waals surface area contributed by atoms with Crippen LogP contribution in [0.3, 0.4) is 0 Å². The fourth-order valence-corrected chi connectivity index (χ4v) is 17.1. The largest absolute Gasteiger partial charge is 0.310 e. The van der Waals surface area contributed by atoms with Gasteiger partial charge in [0, 0.05) is 45.0 Å². The highest BCUT2D eigenvalue weighted by Crippen LogP contribution is 2.55. The van der Waals surface area contributed by atoms with E-state index in [2.05, 4.69) is 370 Å². The second-order valence-corrected chi connectivity index (χ2v) is 28.2. The van der Waals surface area contributed by atoms with Gasteiger partial charge in [0.1, 0.15) is 0 Å². The number of rotatable bonds is 9. The quantitative estimate of drug-likeness (QED) is 0.105. The van der Waals surface area contributed by atoms with Crippen molar-refractivity contribution in [1.29, 1.82) is 0 Å². The molecule has 0 unspecified atom stereocenters. The fourth-order valence-electron chi connectivity index (χ4n) is 17.1. The molecule has 18 aromatic carbocycles. The Morgan fingerprint density at radius 2 is 0.566 bits per heavy atom. The molecule has 0 bridgehead atoms. The number of benzene rings is 18. The second-order valence-electron chi connectivity index (χ2n) is 28.2. The molecule has 2 aliphatic rings. The van der Waals surface area contributed by atoms with Crippen LogP contribution in [0.4, 0.5) is 34.1 Å². The van der Waals surface area contributed by atoms with Crippen LogP contribution >= 0.6 is 0 Å². The van der Waals surface area contributed by atoms with Crippen LogP contribution in [0, 0.1) is 0 Å². The van der Waals surface area contributed by atoms with Crippen LogP contribution in [-0.4, -0.2) is 6.71 Å². The van der Waals surface area contributed by atoms with Crippen molar-refractivity contribution >= 4 is 122 Å². The zero-order valence-electron chi connectivity index (χ0n) is 55.3. The Kier molecular flexibility index (Phi) is 12.7. The molecule has 0 N–H and O–H groups in total. The summed E-state index contributed by atoms with van der Waals surface area (Å²) in [6, 6.07) is 129. The third-order valence-electron chi connectivity index (χ3n) is 21.7. The van der Waals surface area contributed by atoms with E-state index in [1.807, 2.05) is 0 Å². The van der Waals surface area contributed by atoms with Gasteiger partial charge in [-0.25, -0.2) is 0 Å². The number of hydrogen-bond acceptors (Lipinski definition) is 2. The topological polar surface area (TPSA) is 6.48 Å². The van der Waals surface area contributed by atoms with Gasteiger partial charge in [-0.05, 0) is 172 Å². The molecule has 20 rings (SSSR count). The molecular weight excluding hydrogens is 1190 g/mol. The van der Waals surface area contributed by atoms with E-state index in [-0.39, 0.29) is 12.1 Å². The van der Waals surface area contributed by atoms with Crippen molar-refractivity contribution in [3.8, 4) is 77.9 Å². The van der Waals surface area contributed by atoms with Crippen LogP contribution < -0.4 is 26.2 Å². The van der Waals surface area contributed by atoms with Crippen molar-refractivity contribution < 1.29 is 0 Å². The molecule has 0 saturated heterocycles. The van der Waals surface area contributed by atoms with Gasteiger partial charge in [0.05, 0.1) is 11.4 Å². The third kappa shape index (κ3) is 8.90. The zero-order valence-corrected chi connectivity index (χ0v) is 55.3. The van der Waals surface area contributed by atoms with E-state index in [0.717, 1.165) is 89.8 Å². The van der Waals surface area contributed by atoms with Crippen LogP contribution in [-0.2, 0) is 5.41 Å². The van der Waals surface area contributed by atoms with Gasteiger partial charge in [-0.1, -0.05) is 336 Å². The Hall–Kier alpha value is -12.3. The average Bonchev–Trinajstić information content (AvgIpc) is 0.688. The molecule has 0 aromatic heterocycles. The second kappa shape index (κ2) is 22.1. The van der Waals surface area contributed by atoms with Gasteiger partial charge in [0.15, 0.2) is 0 Å².